The van der Waals surface area contributed by atoms with Gasteiger partial charge in [-0.25, -0.2) is 9.48 Å². The molecule has 7 nitrogen and oxygen atoms in total. The third-order valence-electron chi connectivity index (χ3n) is 3.85. The van der Waals surface area contributed by atoms with Gasteiger partial charge in [-0.05, 0) is 37.6 Å². The molecule has 3 rings (SSSR count). The fourth-order valence-electron chi connectivity index (χ4n) is 2.65. The average Bonchev–Trinajstić information content (AvgIpc) is 3.00. The van der Waals surface area contributed by atoms with Crippen LogP contribution in [0.4, 0.5) is 5.69 Å². The second-order valence-corrected chi connectivity index (χ2v) is 5.47. The van der Waals surface area contributed by atoms with E-state index in [0.29, 0.717) is 30.2 Å². The Morgan fingerprint density at radius 3 is 2.80 bits per heavy atom. The van der Waals surface area contributed by atoms with Gasteiger partial charge >= 0.3 is 5.97 Å². The standard InChI is InChI=1S/C18H18N4O3/c1-2-25-18(23)17-15(20)16(13-4-3-9-24-11-13)21-22(17)14-7-5-12(10-19)6-8-14/h4-8H,2-3,9,11,20H2,1H3. The number of nitrogens with two attached hydrogens (primary N) is 1. The second-order valence-electron chi connectivity index (χ2n) is 5.47. The van der Waals surface area contributed by atoms with Crippen molar-refractivity contribution in [3.05, 3.63) is 47.3 Å². The van der Waals surface area contributed by atoms with Crippen LogP contribution in [-0.4, -0.2) is 35.6 Å². The number of hydrogen-bond donors (Lipinski definition) is 1. The quantitative estimate of drug-likeness (QED) is 0.858. The minimum absolute atomic E-state index is 0.174. The first-order chi connectivity index (χ1) is 12.2. The molecule has 0 atom stereocenters. The van der Waals surface area contributed by atoms with Crippen molar-refractivity contribution in [3.63, 3.8) is 0 Å². The molecule has 2 aromatic rings. The molecule has 0 unspecified atom stereocenters. The van der Waals surface area contributed by atoms with Gasteiger partial charge in [-0.15, -0.1) is 0 Å². The monoisotopic (exact) mass is 338 g/mol. The van der Waals surface area contributed by atoms with Gasteiger partial charge in [0, 0.05) is 5.57 Å². The molecule has 0 aliphatic carbocycles. The minimum atomic E-state index is -0.541. The van der Waals surface area contributed by atoms with Crippen LogP contribution in [0.5, 0.6) is 0 Å². The summed E-state index contributed by atoms with van der Waals surface area (Å²) in [5.74, 6) is -0.541. The highest BCUT2D eigenvalue weighted by atomic mass is 16.5. The Morgan fingerprint density at radius 2 is 2.20 bits per heavy atom. The number of nitrogen functional groups attached to an aromatic ring is 1. The molecular weight excluding hydrogens is 320 g/mol. The van der Waals surface area contributed by atoms with Crippen LogP contribution in [0.1, 0.15) is 35.1 Å². The lowest BCUT2D eigenvalue weighted by atomic mass is 10.1. The molecule has 0 saturated carbocycles. The van der Waals surface area contributed by atoms with Gasteiger partial charge in [0.05, 0.1) is 42.8 Å². The number of ether oxygens (including phenoxy) is 2. The summed E-state index contributed by atoms with van der Waals surface area (Å²) in [7, 11) is 0. The van der Waals surface area contributed by atoms with Crippen molar-refractivity contribution in [3.8, 4) is 11.8 Å². The van der Waals surface area contributed by atoms with Crippen LogP contribution in [-0.2, 0) is 9.47 Å². The predicted molar refractivity (Wildman–Crippen MR) is 92.1 cm³/mol. The molecule has 0 amide bonds. The number of benzene rings is 1. The third kappa shape index (κ3) is 3.25. The molecule has 25 heavy (non-hydrogen) atoms. The van der Waals surface area contributed by atoms with Gasteiger partial charge in [0.15, 0.2) is 5.69 Å². The molecule has 2 heterocycles. The van der Waals surface area contributed by atoms with Gasteiger partial charge < -0.3 is 15.2 Å². The molecule has 0 bridgehead atoms. The zero-order valence-electron chi connectivity index (χ0n) is 13.9. The fraction of sp³-hybridized carbons (Fsp3) is 0.278. The molecule has 1 aliphatic heterocycles. The number of hydrogen-bond acceptors (Lipinski definition) is 6. The Morgan fingerprint density at radius 1 is 1.44 bits per heavy atom. The summed E-state index contributed by atoms with van der Waals surface area (Å²) in [6.07, 6.45) is 2.79. The number of carbonyl (C=O) groups excluding carboxylic acids is 1. The molecule has 2 N–H and O–H groups in total. The van der Waals surface area contributed by atoms with E-state index in [9.17, 15) is 4.79 Å². The Hall–Kier alpha value is -3.11. The van der Waals surface area contributed by atoms with E-state index in [0.717, 1.165) is 12.0 Å². The van der Waals surface area contributed by atoms with Crippen LogP contribution >= 0.6 is 0 Å². The van der Waals surface area contributed by atoms with Crippen molar-refractivity contribution >= 4 is 17.2 Å². The van der Waals surface area contributed by atoms with Crippen molar-refractivity contribution in [2.45, 2.75) is 13.3 Å². The zero-order chi connectivity index (χ0) is 17.8. The first-order valence-corrected chi connectivity index (χ1v) is 7.99. The maximum Gasteiger partial charge on any atom is 0.359 e. The van der Waals surface area contributed by atoms with E-state index in [1.54, 1.807) is 31.2 Å². The lowest BCUT2D eigenvalue weighted by Crippen LogP contribution is -2.13. The highest BCUT2D eigenvalue weighted by molar-refractivity contribution is 5.97. The van der Waals surface area contributed by atoms with E-state index in [1.165, 1.54) is 4.68 Å². The lowest BCUT2D eigenvalue weighted by molar-refractivity contribution is 0.0517. The van der Waals surface area contributed by atoms with Crippen LogP contribution in [0.15, 0.2) is 30.3 Å². The summed E-state index contributed by atoms with van der Waals surface area (Å²) < 4.78 is 12.1. The Kier molecular flexibility index (Phi) is 4.82. The van der Waals surface area contributed by atoms with Crippen LogP contribution < -0.4 is 5.73 Å². The summed E-state index contributed by atoms with van der Waals surface area (Å²) in [6.45, 7) is 3.02. The fourth-order valence-corrected chi connectivity index (χ4v) is 2.65. The van der Waals surface area contributed by atoms with Crippen LogP contribution in [0.3, 0.4) is 0 Å². The highest BCUT2D eigenvalue weighted by Gasteiger charge is 2.26. The molecule has 0 saturated heterocycles. The summed E-state index contributed by atoms with van der Waals surface area (Å²) in [5, 5.41) is 13.5. The minimum Gasteiger partial charge on any atom is -0.461 e. The Labute approximate surface area is 145 Å². The van der Waals surface area contributed by atoms with Crippen molar-refractivity contribution < 1.29 is 14.3 Å². The van der Waals surface area contributed by atoms with Crippen molar-refractivity contribution in [2.75, 3.05) is 25.6 Å². The molecule has 0 fully saturated rings. The topological polar surface area (TPSA) is 103 Å². The third-order valence-corrected chi connectivity index (χ3v) is 3.85. The summed E-state index contributed by atoms with van der Waals surface area (Å²) in [4.78, 5) is 12.4. The number of nitrogens with zero attached hydrogens (tertiary/aromatic N) is 3. The van der Waals surface area contributed by atoms with Gasteiger partial charge in [-0.1, -0.05) is 6.08 Å². The van der Waals surface area contributed by atoms with E-state index in [4.69, 9.17) is 20.5 Å². The normalized spacial score (nSPS) is 13.8. The number of rotatable bonds is 4. The number of anilines is 1. The maximum atomic E-state index is 12.4. The van der Waals surface area contributed by atoms with Gasteiger partial charge in [-0.3, -0.25) is 0 Å². The SMILES string of the molecule is CCOC(=O)c1c(N)c(C2=CCCOC2)nn1-c1ccc(C#N)cc1. The molecule has 1 aliphatic rings. The number of nitriles is 1. The van der Waals surface area contributed by atoms with E-state index in [2.05, 4.69) is 11.2 Å². The summed E-state index contributed by atoms with van der Waals surface area (Å²) in [5.41, 5.74) is 9.17. The molecule has 1 aromatic carbocycles. The first-order valence-electron chi connectivity index (χ1n) is 7.99. The molecule has 128 valence electrons. The Balaban J connectivity index is 2.13. The van der Waals surface area contributed by atoms with Gasteiger partial charge in [-0.2, -0.15) is 10.4 Å². The van der Waals surface area contributed by atoms with E-state index in [-0.39, 0.29) is 18.0 Å². The number of esters is 1. The summed E-state index contributed by atoms with van der Waals surface area (Å²) >= 11 is 0. The van der Waals surface area contributed by atoms with Gasteiger partial charge in [0.1, 0.15) is 5.69 Å². The molecular formula is C18H18N4O3. The average molecular weight is 338 g/mol. The molecule has 7 heteroatoms. The van der Waals surface area contributed by atoms with Crippen molar-refractivity contribution in [2.24, 2.45) is 0 Å². The molecule has 1 aromatic heterocycles. The van der Waals surface area contributed by atoms with E-state index >= 15 is 0 Å². The largest absolute Gasteiger partial charge is 0.461 e. The number of aromatic nitrogens is 2. The van der Waals surface area contributed by atoms with Crippen LogP contribution in [0.25, 0.3) is 11.3 Å². The van der Waals surface area contributed by atoms with E-state index in [1.807, 2.05) is 6.08 Å². The highest BCUT2D eigenvalue weighted by Crippen LogP contribution is 2.29. The van der Waals surface area contributed by atoms with E-state index < -0.39 is 5.97 Å². The van der Waals surface area contributed by atoms with Crippen LogP contribution in [0, 0.1) is 11.3 Å². The molecule has 0 radical (unpaired) electrons. The van der Waals surface area contributed by atoms with Gasteiger partial charge in [0.2, 0.25) is 0 Å². The lowest BCUT2D eigenvalue weighted by Gasteiger charge is -2.11. The second kappa shape index (κ2) is 7.20. The smallest absolute Gasteiger partial charge is 0.359 e. The molecule has 0 spiro atoms. The van der Waals surface area contributed by atoms with Crippen molar-refractivity contribution in [1.29, 1.82) is 5.26 Å². The predicted octanol–water partition coefficient (Wildman–Crippen LogP) is 2.31. The van der Waals surface area contributed by atoms with Gasteiger partial charge in [0.25, 0.3) is 0 Å². The Bertz CT molecular complexity index is 860. The zero-order valence-corrected chi connectivity index (χ0v) is 13.9. The maximum absolute atomic E-state index is 12.4. The first kappa shape index (κ1) is 16.7. The van der Waals surface area contributed by atoms with Crippen molar-refractivity contribution in [1.82, 2.24) is 9.78 Å². The summed E-state index contributed by atoms with van der Waals surface area (Å²) in [6, 6.07) is 8.80. The number of carbonyl (C=O) groups is 1. The van der Waals surface area contributed by atoms with Crippen LogP contribution in [0.2, 0.25) is 0 Å².